The molecule has 0 aromatic heterocycles. The molecule has 1 aromatic rings. The Morgan fingerprint density at radius 1 is 1.39 bits per heavy atom. The summed E-state index contributed by atoms with van der Waals surface area (Å²) in [5.41, 5.74) is 3.21. The first-order valence-electron chi connectivity index (χ1n) is 5.41. The minimum Gasteiger partial charge on any atom is -0.344 e. The average molecular weight is 270 g/mol. The number of guanidine groups is 1. The van der Waals surface area contributed by atoms with Gasteiger partial charge in [-0.2, -0.15) is 0 Å². The molecule has 1 rings (SSSR count). The summed E-state index contributed by atoms with van der Waals surface area (Å²) in [4.78, 5) is 5.95. The molecule has 0 radical (unpaired) electrons. The largest absolute Gasteiger partial charge is 0.344 e. The van der Waals surface area contributed by atoms with Gasteiger partial charge in [0.1, 0.15) is 9.84 Å². The van der Waals surface area contributed by atoms with Gasteiger partial charge in [-0.3, -0.25) is 5.43 Å². The van der Waals surface area contributed by atoms with E-state index in [4.69, 9.17) is 5.84 Å². The maximum absolute atomic E-state index is 11.1. The molecule has 3 N–H and O–H groups in total. The number of hydrazine groups is 1. The van der Waals surface area contributed by atoms with Gasteiger partial charge in [-0.1, -0.05) is 18.2 Å². The standard InChI is InChI=1S/C11H18N4O2S/c1-15(8-9-18(2,16)17)11(14-12)13-10-6-4-3-5-7-10/h3-7H,8-9,12H2,1-2H3,(H,13,14). The lowest BCUT2D eigenvalue weighted by molar-refractivity contribution is 0.507. The number of nitrogens with zero attached hydrogens (tertiary/aromatic N) is 2. The molecule has 7 heteroatoms. The van der Waals surface area contributed by atoms with Crippen LogP contribution in [0, 0.1) is 0 Å². The third kappa shape index (κ3) is 5.15. The molecular formula is C11H18N4O2S. The van der Waals surface area contributed by atoms with Crippen molar-refractivity contribution < 1.29 is 8.42 Å². The quantitative estimate of drug-likeness (QED) is 0.351. The SMILES string of the molecule is CN(CCS(C)(=O)=O)C(=Nc1ccccc1)NN. The summed E-state index contributed by atoms with van der Waals surface area (Å²) in [6.45, 7) is 0.328. The highest BCUT2D eigenvalue weighted by Crippen LogP contribution is 2.10. The number of para-hydroxylation sites is 1. The number of nitrogens with two attached hydrogens (primary N) is 1. The van der Waals surface area contributed by atoms with E-state index in [1.807, 2.05) is 30.3 Å². The van der Waals surface area contributed by atoms with Gasteiger partial charge >= 0.3 is 0 Å². The van der Waals surface area contributed by atoms with Crippen LogP contribution in [0.15, 0.2) is 35.3 Å². The molecule has 0 unspecified atom stereocenters. The molecule has 0 fully saturated rings. The van der Waals surface area contributed by atoms with Crippen LogP contribution in [0.25, 0.3) is 0 Å². The van der Waals surface area contributed by atoms with Crippen molar-refractivity contribution in [1.29, 1.82) is 0 Å². The van der Waals surface area contributed by atoms with Crippen LogP contribution in [0.1, 0.15) is 0 Å². The normalized spacial score (nSPS) is 12.3. The Labute approximate surface area is 107 Å². The first-order chi connectivity index (χ1) is 8.42. The van der Waals surface area contributed by atoms with Gasteiger partial charge in [0.15, 0.2) is 0 Å². The van der Waals surface area contributed by atoms with Crippen LogP contribution in [0.2, 0.25) is 0 Å². The van der Waals surface area contributed by atoms with Crippen molar-refractivity contribution in [3.8, 4) is 0 Å². The summed E-state index contributed by atoms with van der Waals surface area (Å²) in [5, 5.41) is 0. The molecule has 0 saturated heterocycles. The smallest absolute Gasteiger partial charge is 0.213 e. The van der Waals surface area contributed by atoms with Crippen molar-refractivity contribution in [1.82, 2.24) is 10.3 Å². The zero-order chi connectivity index (χ0) is 13.6. The summed E-state index contributed by atoms with van der Waals surface area (Å²) in [5.74, 6) is 5.86. The van der Waals surface area contributed by atoms with Crippen molar-refractivity contribution in [3.63, 3.8) is 0 Å². The van der Waals surface area contributed by atoms with Crippen LogP contribution in [0.3, 0.4) is 0 Å². The fourth-order valence-corrected chi connectivity index (χ4v) is 1.87. The number of rotatable bonds is 4. The van der Waals surface area contributed by atoms with E-state index in [0.717, 1.165) is 5.69 Å². The van der Waals surface area contributed by atoms with Gasteiger partial charge in [0.05, 0.1) is 11.4 Å². The highest BCUT2D eigenvalue weighted by Gasteiger charge is 2.09. The molecule has 0 bridgehead atoms. The third-order valence-electron chi connectivity index (χ3n) is 2.28. The molecule has 1 aromatic carbocycles. The van der Waals surface area contributed by atoms with E-state index in [0.29, 0.717) is 12.5 Å². The van der Waals surface area contributed by atoms with E-state index in [1.165, 1.54) is 6.26 Å². The van der Waals surface area contributed by atoms with E-state index in [-0.39, 0.29) is 5.75 Å². The van der Waals surface area contributed by atoms with E-state index >= 15 is 0 Å². The van der Waals surface area contributed by atoms with Gasteiger partial charge in [-0.25, -0.2) is 19.3 Å². The second-order valence-electron chi connectivity index (χ2n) is 3.97. The molecule has 18 heavy (non-hydrogen) atoms. The summed E-state index contributed by atoms with van der Waals surface area (Å²) in [7, 11) is -1.27. The molecule has 6 nitrogen and oxygen atoms in total. The number of benzene rings is 1. The highest BCUT2D eigenvalue weighted by atomic mass is 32.2. The van der Waals surface area contributed by atoms with Gasteiger partial charge in [-0.15, -0.1) is 0 Å². The number of hydrogen-bond donors (Lipinski definition) is 2. The lowest BCUT2D eigenvalue weighted by atomic mass is 10.3. The summed E-state index contributed by atoms with van der Waals surface area (Å²) >= 11 is 0. The van der Waals surface area contributed by atoms with Gasteiger partial charge in [0, 0.05) is 19.8 Å². The lowest BCUT2D eigenvalue weighted by Crippen LogP contribution is -2.44. The predicted octanol–water partition coefficient (Wildman–Crippen LogP) is 0.114. The van der Waals surface area contributed by atoms with Crippen molar-refractivity contribution in [2.45, 2.75) is 0 Å². The lowest BCUT2D eigenvalue weighted by Gasteiger charge is -2.19. The number of nitrogens with one attached hydrogen (secondary N) is 1. The molecule has 0 saturated carbocycles. The van der Waals surface area contributed by atoms with Gasteiger partial charge in [0.25, 0.3) is 0 Å². The Balaban J connectivity index is 2.74. The molecule has 100 valence electrons. The Hall–Kier alpha value is -1.60. The first-order valence-corrected chi connectivity index (χ1v) is 7.47. The first kappa shape index (κ1) is 14.5. The summed E-state index contributed by atoms with van der Waals surface area (Å²) in [6, 6.07) is 9.29. The average Bonchev–Trinajstić information content (AvgIpc) is 2.33. The second-order valence-corrected chi connectivity index (χ2v) is 6.23. The second kappa shape index (κ2) is 6.36. The van der Waals surface area contributed by atoms with E-state index in [2.05, 4.69) is 10.4 Å². The molecule has 0 atom stereocenters. The molecule has 0 spiro atoms. The van der Waals surface area contributed by atoms with Crippen molar-refractivity contribution in [2.24, 2.45) is 10.8 Å². The van der Waals surface area contributed by atoms with E-state index in [1.54, 1.807) is 11.9 Å². The molecule has 0 heterocycles. The van der Waals surface area contributed by atoms with Crippen molar-refractivity contribution >= 4 is 21.5 Å². The zero-order valence-electron chi connectivity index (χ0n) is 10.5. The monoisotopic (exact) mass is 270 g/mol. The fraction of sp³-hybridized carbons (Fsp3) is 0.364. The minimum absolute atomic E-state index is 0.0546. The van der Waals surface area contributed by atoms with Crippen molar-refractivity contribution in [2.75, 3.05) is 25.6 Å². The van der Waals surface area contributed by atoms with Crippen LogP contribution in [-0.2, 0) is 9.84 Å². The van der Waals surface area contributed by atoms with Crippen LogP contribution in [0.4, 0.5) is 5.69 Å². The Bertz CT molecular complexity index is 499. The summed E-state index contributed by atoms with van der Waals surface area (Å²) < 4.78 is 22.2. The van der Waals surface area contributed by atoms with Gasteiger partial charge in [-0.05, 0) is 12.1 Å². The zero-order valence-corrected chi connectivity index (χ0v) is 11.3. The number of aliphatic imine (C=N–C) groups is 1. The van der Waals surface area contributed by atoms with E-state index < -0.39 is 9.84 Å². The molecule has 0 amide bonds. The molecule has 0 aliphatic carbocycles. The van der Waals surface area contributed by atoms with Crippen molar-refractivity contribution in [3.05, 3.63) is 30.3 Å². The van der Waals surface area contributed by atoms with Gasteiger partial charge in [0.2, 0.25) is 5.96 Å². The number of hydrogen-bond acceptors (Lipinski definition) is 4. The van der Waals surface area contributed by atoms with Crippen LogP contribution < -0.4 is 11.3 Å². The molecule has 0 aliphatic heterocycles. The molecule has 0 aliphatic rings. The predicted molar refractivity (Wildman–Crippen MR) is 73.2 cm³/mol. The Kier molecular flexibility index (Phi) is 5.11. The Morgan fingerprint density at radius 3 is 2.50 bits per heavy atom. The fourth-order valence-electron chi connectivity index (χ4n) is 1.26. The highest BCUT2D eigenvalue weighted by molar-refractivity contribution is 7.90. The topological polar surface area (TPSA) is 87.8 Å². The molecular weight excluding hydrogens is 252 g/mol. The van der Waals surface area contributed by atoms with E-state index in [9.17, 15) is 8.42 Å². The third-order valence-corrected chi connectivity index (χ3v) is 3.20. The van der Waals surface area contributed by atoms with Crippen LogP contribution in [-0.4, -0.2) is 44.9 Å². The van der Waals surface area contributed by atoms with Gasteiger partial charge < -0.3 is 4.90 Å². The maximum Gasteiger partial charge on any atom is 0.213 e. The summed E-state index contributed by atoms with van der Waals surface area (Å²) in [6.07, 6.45) is 1.20. The van der Waals surface area contributed by atoms with Crippen LogP contribution in [0.5, 0.6) is 0 Å². The number of sulfone groups is 1. The maximum atomic E-state index is 11.1. The van der Waals surface area contributed by atoms with Crippen LogP contribution >= 0.6 is 0 Å². The minimum atomic E-state index is -3.00. The Morgan fingerprint density at radius 2 is 2.00 bits per heavy atom.